The van der Waals surface area contributed by atoms with Crippen molar-refractivity contribution < 1.29 is 13.2 Å². The summed E-state index contributed by atoms with van der Waals surface area (Å²) in [6.45, 7) is 0. The van der Waals surface area contributed by atoms with Gasteiger partial charge in [-0.1, -0.05) is 12.1 Å². The van der Waals surface area contributed by atoms with Crippen molar-refractivity contribution in [3.63, 3.8) is 0 Å². The van der Waals surface area contributed by atoms with Crippen molar-refractivity contribution in [3.8, 4) is 0 Å². The third-order valence-corrected chi connectivity index (χ3v) is 5.01. The van der Waals surface area contributed by atoms with Gasteiger partial charge in [0, 0.05) is 11.9 Å². The zero-order valence-corrected chi connectivity index (χ0v) is 8.93. The first-order valence-corrected chi connectivity index (χ1v) is 6.09. The summed E-state index contributed by atoms with van der Waals surface area (Å²) in [5.41, 5.74) is 0. The highest BCUT2D eigenvalue weighted by Crippen LogP contribution is 2.35. The molecular weight excluding hydrogens is 222 g/mol. The van der Waals surface area contributed by atoms with Gasteiger partial charge in [-0.25, -0.2) is 12.7 Å². The predicted molar refractivity (Wildman–Crippen MR) is 52.6 cm³/mol. The molecule has 0 unspecified atom stereocenters. The van der Waals surface area contributed by atoms with E-state index in [0.29, 0.717) is 4.90 Å². The molecule has 1 aliphatic rings. The molecule has 0 atom stereocenters. The van der Waals surface area contributed by atoms with E-state index in [1.807, 2.05) is 0 Å². The maximum absolute atomic E-state index is 11.7. The molecule has 1 aromatic carbocycles. The van der Waals surface area contributed by atoms with Gasteiger partial charge in [-0.15, -0.1) is 0 Å². The Bertz CT molecular complexity index is 495. The van der Waals surface area contributed by atoms with Crippen LogP contribution in [0.2, 0.25) is 0 Å². The zero-order valence-electron chi connectivity index (χ0n) is 7.30. The van der Waals surface area contributed by atoms with Gasteiger partial charge in [0.2, 0.25) is 0 Å². The highest BCUT2D eigenvalue weighted by Gasteiger charge is 2.34. The van der Waals surface area contributed by atoms with Crippen molar-refractivity contribution >= 4 is 27.0 Å². The number of amides is 1. The summed E-state index contributed by atoms with van der Waals surface area (Å²) in [6, 6.07) is 6.48. The molecule has 2 rings (SSSR count). The van der Waals surface area contributed by atoms with Crippen molar-refractivity contribution in [3.05, 3.63) is 24.3 Å². The summed E-state index contributed by atoms with van der Waals surface area (Å²) in [6.07, 6.45) is 0. The lowest BCUT2D eigenvalue weighted by molar-refractivity contribution is 0.250. The standard InChI is InChI=1S/C8H7NO3S2/c1-9-8(10)13-6-4-2-3-5-7(6)14(9,11)12/h2-5H,1H3. The molecule has 74 valence electrons. The van der Waals surface area contributed by atoms with Crippen LogP contribution in [-0.4, -0.2) is 25.0 Å². The second kappa shape index (κ2) is 2.99. The second-order valence-electron chi connectivity index (χ2n) is 2.79. The van der Waals surface area contributed by atoms with Gasteiger partial charge in [0.25, 0.3) is 15.3 Å². The van der Waals surface area contributed by atoms with Gasteiger partial charge in [0.1, 0.15) is 4.90 Å². The lowest BCUT2D eigenvalue weighted by Gasteiger charge is -2.23. The molecule has 4 nitrogen and oxygen atoms in total. The topological polar surface area (TPSA) is 54.5 Å². The molecule has 0 fully saturated rings. The number of thioether (sulfide) groups is 1. The van der Waals surface area contributed by atoms with Crippen LogP contribution in [0.15, 0.2) is 34.1 Å². The predicted octanol–water partition coefficient (Wildman–Crippen LogP) is 1.53. The molecule has 0 aliphatic carbocycles. The molecule has 1 heterocycles. The van der Waals surface area contributed by atoms with Gasteiger partial charge in [-0.2, -0.15) is 0 Å². The first-order chi connectivity index (χ1) is 6.53. The average molecular weight is 229 g/mol. The number of sulfonamides is 1. The van der Waals surface area contributed by atoms with Gasteiger partial charge >= 0.3 is 0 Å². The van der Waals surface area contributed by atoms with E-state index in [4.69, 9.17) is 0 Å². The molecule has 0 bridgehead atoms. The van der Waals surface area contributed by atoms with E-state index in [1.165, 1.54) is 13.1 Å². The molecule has 0 N–H and O–H groups in total. The molecule has 1 aromatic rings. The monoisotopic (exact) mass is 229 g/mol. The number of benzene rings is 1. The van der Waals surface area contributed by atoms with Crippen LogP contribution in [0.25, 0.3) is 0 Å². The minimum atomic E-state index is -3.61. The zero-order chi connectivity index (χ0) is 10.3. The molecular formula is C8H7NO3S2. The Morgan fingerprint density at radius 3 is 2.64 bits per heavy atom. The Hall–Kier alpha value is -1.01. The van der Waals surface area contributed by atoms with Gasteiger partial charge in [0.05, 0.1) is 0 Å². The summed E-state index contributed by atoms with van der Waals surface area (Å²) in [5, 5.41) is -0.469. The third-order valence-electron chi connectivity index (χ3n) is 1.94. The van der Waals surface area contributed by atoms with Crippen molar-refractivity contribution in [2.45, 2.75) is 9.79 Å². The van der Waals surface area contributed by atoms with Crippen LogP contribution >= 0.6 is 11.8 Å². The summed E-state index contributed by atoms with van der Waals surface area (Å²) < 4.78 is 24.2. The Balaban J connectivity index is 2.72. The van der Waals surface area contributed by atoms with Gasteiger partial charge in [0.15, 0.2) is 0 Å². The first-order valence-electron chi connectivity index (χ1n) is 3.83. The average Bonchev–Trinajstić information content (AvgIpc) is 2.15. The van der Waals surface area contributed by atoms with Crippen LogP contribution < -0.4 is 0 Å². The number of hydrogen-bond acceptors (Lipinski definition) is 4. The number of hydrogen-bond donors (Lipinski definition) is 0. The lowest BCUT2D eigenvalue weighted by Crippen LogP contribution is -2.33. The second-order valence-corrected chi connectivity index (χ2v) is 5.72. The summed E-state index contributed by atoms with van der Waals surface area (Å²) in [7, 11) is -2.34. The van der Waals surface area contributed by atoms with Gasteiger partial charge in [-0.05, 0) is 23.9 Å². The minimum Gasteiger partial charge on any atom is -0.260 e. The fraction of sp³-hybridized carbons (Fsp3) is 0.125. The lowest BCUT2D eigenvalue weighted by atomic mass is 10.4. The van der Waals surface area contributed by atoms with Crippen LogP contribution in [0.3, 0.4) is 0 Å². The number of nitrogens with zero attached hydrogens (tertiary/aromatic N) is 1. The molecule has 0 spiro atoms. The Kier molecular flexibility index (Phi) is 2.04. The molecule has 1 amide bonds. The highest BCUT2D eigenvalue weighted by atomic mass is 32.2. The Labute approximate surface area is 86.0 Å². The van der Waals surface area contributed by atoms with Crippen molar-refractivity contribution in [2.75, 3.05) is 7.05 Å². The van der Waals surface area contributed by atoms with Crippen LogP contribution in [0.4, 0.5) is 4.79 Å². The van der Waals surface area contributed by atoms with E-state index in [9.17, 15) is 13.2 Å². The smallest absolute Gasteiger partial charge is 0.260 e. The van der Waals surface area contributed by atoms with Crippen molar-refractivity contribution in [1.82, 2.24) is 4.31 Å². The maximum atomic E-state index is 11.7. The molecule has 0 radical (unpaired) electrons. The van der Waals surface area contributed by atoms with Crippen LogP contribution in [-0.2, 0) is 10.0 Å². The van der Waals surface area contributed by atoms with Crippen molar-refractivity contribution in [2.24, 2.45) is 0 Å². The molecule has 0 aromatic heterocycles. The van der Waals surface area contributed by atoms with Crippen molar-refractivity contribution in [1.29, 1.82) is 0 Å². The summed E-state index contributed by atoms with van der Waals surface area (Å²) in [4.78, 5) is 12.0. The fourth-order valence-corrected chi connectivity index (χ4v) is 3.69. The fourth-order valence-electron chi connectivity index (χ4n) is 1.15. The number of fused-ring (bicyclic) bond motifs is 1. The van der Waals surface area contributed by atoms with E-state index in [0.717, 1.165) is 16.1 Å². The number of carbonyl (C=O) groups is 1. The number of carbonyl (C=O) groups excluding carboxylic acids is 1. The Morgan fingerprint density at radius 1 is 1.29 bits per heavy atom. The highest BCUT2D eigenvalue weighted by molar-refractivity contribution is 8.15. The van der Waals surface area contributed by atoms with E-state index in [2.05, 4.69) is 0 Å². The minimum absolute atomic E-state index is 0.201. The summed E-state index contributed by atoms with van der Waals surface area (Å²) >= 11 is 0.930. The Morgan fingerprint density at radius 2 is 1.93 bits per heavy atom. The van der Waals surface area contributed by atoms with Gasteiger partial charge < -0.3 is 0 Å². The third kappa shape index (κ3) is 1.22. The SMILES string of the molecule is CN1C(=O)Sc2ccccc2S1(=O)=O. The molecule has 14 heavy (non-hydrogen) atoms. The van der Waals surface area contributed by atoms with E-state index < -0.39 is 15.3 Å². The number of rotatable bonds is 0. The quantitative estimate of drug-likeness (QED) is 0.677. The molecule has 6 heteroatoms. The normalized spacial score (nSPS) is 19.2. The first kappa shape index (κ1) is 9.54. The molecule has 1 aliphatic heterocycles. The van der Waals surface area contributed by atoms with E-state index >= 15 is 0 Å². The maximum Gasteiger partial charge on any atom is 0.300 e. The van der Waals surface area contributed by atoms with Gasteiger partial charge in [-0.3, -0.25) is 4.79 Å². The van der Waals surface area contributed by atoms with E-state index in [1.54, 1.807) is 18.2 Å². The summed E-state index contributed by atoms with van der Waals surface area (Å²) in [5.74, 6) is 0. The van der Waals surface area contributed by atoms with Crippen LogP contribution in [0.1, 0.15) is 0 Å². The largest absolute Gasteiger partial charge is 0.300 e. The van der Waals surface area contributed by atoms with E-state index in [-0.39, 0.29) is 4.90 Å². The molecule has 0 saturated heterocycles. The molecule has 0 saturated carbocycles. The van der Waals surface area contributed by atoms with Crippen LogP contribution in [0.5, 0.6) is 0 Å². The van der Waals surface area contributed by atoms with Crippen LogP contribution in [0, 0.1) is 0 Å².